The first-order valence-electron chi connectivity index (χ1n) is 8.84. The summed E-state index contributed by atoms with van der Waals surface area (Å²) in [6.45, 7) is 8.19. The van der Waals surface area contributed by atoms with E-state index in [9.17, 15) is 4.79 Å². The number of piperidine rings is 1. The third-order valence-electron chi connectivity index (χ3n) is 4.58. The molecule has 1 heterocycles. The summed E-state index contributed by atoms with van der Waals surface area (Å²) in [5.74, 6) is 1.04. The monoisotopic (exact) mass is 317 g/mol. The van der Waals surface area contributed by atoms with E-state index in [4.69, 9.17) is 5.73 Å². The number of amides is 1. The molecule has 0 unspecified atom stereocenters. The van der Waals surface area contributed by atoms with Crippen LogP contribution >= 0.6 is 0 Å². The molecule has 0 bridgehead atoms. The Balaban J connectivity index is 1.66. The van der Waals surface area contributed by atoms with Crippen LogP contribution in [0, 0.1) is 11.8 Å². The number of nitrogens with one attached hydrogen (secondary N) is 1. The van der Waals surface area contributed by atoms with E-state index in [1.54, 1.807) is 0 Å². The minimum absolute atomic E-state index is 0.00501. The molecule has 23 heavy (non-hydrogen) atoms. The molecular formula is C19H31N3O. The second-order valence-electron chi connectivity index (χ2n) is 7.19. The van der Waals surface area contributed by atoms with Crippen LogP contribution in [0.1, 0.15) is 38.7 Å². The number of nitrogens with zero attached hydrogens (tertiary/aromatic N) is 1. The summed E-state index contributed by atoms with van der Waals surface area (Å²) in [6.07, 6.45) is 3.04. The maximum atomic E-state index is 12.0. The predicted octanol–water partition coefficient (Wildman–Crippen LogP) is 2.39. The van der Waals surface area contributed by atoms with Gasteiger partial charge in [0, 0.05) is 13.1 Å². The van der Waals surface area contributed by atoms with E-state index >= 15 is 0 Å². The molecule has 2 rings (SSSR count). The Kier molecular flexibility index (Phi) is 7.06. The Hall–Kier alpha value is -1.39. The molecule has 1 aromatic rings. The Bertz CT molecular complexity index is 467. The summed E-state index contributed by atoms with van der Waals surface area (Å²) in [4.78, 5) is 14.5. The van der Waals surface area contributed by atoms with Crippen LogP contribution in [0.25, 0.3) is 0 Å². The van der Waals surface area contributed by atoms with Crippen LogP contribution in [0.5, 0.6) is 0 Å². The summed E-state index contributed by atoms with van der Waals surface area (Å²) in [5, 5.41) is 3.04. The van der Waals surface area contributed by atoms with Crippen molar-refractivity contribution >= 4 is 5.91 Å². The van der Waals surface area contributed by atoms with Crippen LogP contribution in [0.15, 0.2) is 30.3 Å². The Morgan fingerprint density at radius 3 is 2.52 bits per heavy atom. The zero-order chi connectivity index (χ0) is 16.7. The third-order valence-corrected chi connectivity index (χ3v) is 4.58. The van der Waals surface area contributed by atoms with Gasteiger partial charge in [0.1, 0.15) is 0 Å². The molecule has 0 spiro atoms. The Morgan fingerprint density at radius 1 is 1.26 bits per heavy atom. The number of rotatable bonds is 7. The lowest BCUT2D eigenvalue weighted by atomic mass is 9.96. The quantitative estimate of drug-likeness (QED) is 0.812. The lowest BCUT2D eigenvalue weighted by Crippen LogP contribution is -2.44. The minimum atomic E-state index is -0.367. The van der Waals surface area contributed by atoms with Gasteiger partial charge < -0.3 is 11.1 Å². The van der Waals surface area contributed by atoms with Crippen LogP contribution in [0.2, 0.25) is 0 Å². The van der Waals surface area contributed by atoms with Crippen molar-refractivity contribution in [3.8, 4) is 0 Å². The van der Waals surface area contributed by atoms with Gasteiger partial charge in [0.05, 0.1) is 6.04 Å². The molecule has 1 fully saturated rings. The van der Waals surface area contributed by atoms with E-state index in [1.807, 2.05) is 0 Å². The number of nitrogens with two attached hydrogens (primary N) is 1. The Labute approximate surface area is 140 Å². The van der Waals surface area contributed by atoms with Crippen molar-refractivity contribution in [2.75, 3.05) is 19.6 Å². The van der Waals surface area contributed by atoms with Gasteiger partial charge in [-0.1, -0.05) is 44.2 Å². The molecule has 1 aliphatic heterocycles. The van der Waals surface area contributed by atoms with E-state index in [0.29, 0.717) is 11.8 Å². The maximum Gasteiger partial charge on any atom is 0.236 e. The standard InChI is InChI=1S/C19H31N3O/c1-15(2)12-18(20)19(23)21-13-16-8-10-22(11-9-16)14-17-6-4-3-5-7-17/h3-7,15-16,18H,8-14,20H2,1-2H3,(H,21,23)/t18-/m0/s1. The fourth-order valence-electron chi connectivity index (χ4n) is 3.18. The number of likely N-dealkylation sites (tertiary alicyclic amines) is 1. The summed E-state index contributed by atoms with van der Waals surface area (Å²) >= 11 is 0. The van der Waals surface area contributed by atoms with Crippen molar-refractivity contribution in [1.29, 1.82) is 0 Å². The van der Waals surface area contributed by atoms with Crippen LogP contribution < -0.4 is 11.1 Å². The number of benzene rings is 1. The highest BCUT2D eigenvalue weighted by molar-refractivity contribution is 5.81. The first-order chi connectivity index (χ1) is 11.0. The summed E-state index contributed by atoms with van der Waals surface area (Å²) in [6, 6.07) is 10.2. The lowest BCUT2D eigenvalue weighted by molar-refractivity contribution is -0.122. The van der Waals surface area contributed by atoms with Crippen molar-refractivity contribution in [3.05, 3.63) is 35.9 Å². The van der Waals surface area contributed by atoms with E-state index in [-0.39, 0.29) is 11.9 Å². The predicted molar refractivity (Wildman–Crippen MR) is 94.9 cm³/mol. The van der Waals surface area contributed by atoms with Crippen molar-refractivity contribution in [2.24, 2.45) is 17.6 Å². The van der Waals surface area contributed by atoms with Gasteiger partial charge in [0.15, 0.2) is 0 Å². The molecular weight excluding hydrogens is 286 g/mol. The molecule has 128 valence electrons. The van der Waals surface area contributed by atoms with Gasteiger partial charge in [0.25, 0.3) is 0 Å². The van der Waals surface area contributed by atoms with Gasteiger partial charge in [-0.25, -0.2) is 0 Å². The number of hydrogen-bond donors (Lipinski definition) is 2. The molecule has 0 aromatic heterocycles. The van der Waals surface area contributed by atoms with E-state index in [1.165, 1.54) is 5.56 Å². The number of carbonyl (C=O) groups is 1. The molecule has 4 heteroatoms. The average Bonchev–Trinajstić information content (AvgIpc) is 2.54. The molecule has 3 N–H and O–H groups in total. The molecule has 4 nitrogen and oxygen atoms in total. The summed E-state index contributed by atoms with van der Waals surface area (Å²) in [5.41, 5.74) is 7.30. The van der Waals surface area contributed by atoms with Gasteiger partial charge >= 0.3 is 0 Å². The van der Waals surface area contributed by atoms with E-state index < -0.39 is 0 Å². The largest absolute Gasteiger partial charge is 0.354 e. The lowest BCUT2D eigenvalue weighted by Gasteiger charge is -2.32. The first kappa shape index (κ1) is 18.0. The van der Waals surface area contributed by atoms with Gasteiger partial charge in [-0.2, -0.15) is 0 Å². The smallest absolute Gasteiger partial charge is 0.236 e. The fraction of sp³-hybridized carbons (Fsp3) is 0.632. The second-order valence-corrected chi connectivity index (χ2v) is 7.19. The third kappa shape index (κ3) is 6.32. The van der Waals surface area contributed by atoms with Crippen LogP contribution in [0.4, 0.5) is 0 Å². The first-order valence-corrected chi connectivity index (χ1v) is 8.84. The topological polar surface area (TPSA) is 58.4 Å². The van der Waals surface area contributed by atoms with Crippen molar-refractivity contribution in [1.82, 2.24) is 10.2 Å². The van der Waals surface area contributed by atoms with Crippen LogP contribution in [-0.4, -0.2) is 36.5 Å². The van der Waals surface area contributed by atoms with E-state index in [0.717, 1.165) is 45.4 Å². The van der Waals surface area contributed by atoms with E-state index in [2.05, 4.69) is 54.4 Å². The zero-order valence-corrected chi connectivity index (χ0v) is 14.5. The van der Waals surface area contributed by atoms with Gasteiger partial charge in [-0.05, 0) is 49.8 Å². The van der Waals surface area contributed by atoms with Crippen LogP contribution in [0.3, 0.4) is 0 Å². The van der Waals surface area contributed by atoms with Crippen molar-refractivity contribution in [2.45, 2.75) is 45.7 Å². The maximum absolute atomic E-state index is 12.0. The number of carbonyl (C=O) groups excluding carboxylic acids is 1. The van der Waals surface area contributed by atoms with Gasteiger partial charge in [-0.15, -0.1) is 0 Å². The highest BCUT2D eigenvalue weighted by Crippen LogP contribution is 2.18. The molecule has 0 aliphatic carbocycles. The molecule has 1 aliphatic rings. The molecule has 1 aromatic carbocycles. The van der Waals surface area contributed by atoms with Crippen molar-refractivity contribution < 1.29 is 4.79 Å². The highest BCUT2D eigenvalue weighted by Gasteiger charge is 2.21. The minimum Gasteiger partial charge on any atom is -0.354 e. The number of hydrogen-bond acceptors (Lipinski definition) is 3. The normalized spacial score (nSPS) is 18.1. The van der Waals surface area contributed by atoms with Gasteiger partial charge in [0.2, 0.25) is 5.91 Å². The summed E-state index contributed by atoms with van der Waals surface area (Å²) < 4.78 is 0. The molecule has 1 atom stereocenters. The average molecular weight is 317 g/mol. The highest BCUT2D eigenvalue weighted by atomic mass is 16.2. The SMILES string of the molecule is CC(C)C[C@H](N)C(=O)NCC1CCN(Cc2ccccc2)CC1. The van der Waals surface area contributed by atoms with Crippen molar-refractivity contribution in [3.63, 3.8) is 0 Å². The fourth-order valence-corrected chi connectivity index (χ4v) is 3.18. The Morgan fingerprint density at radius 2 is 1.91 bits per heavy atom. The zero-order valence-electron chi connectivity index (χ0n) is 14.5. The molecule has 0 saturated carbocycles. The molecule has 0 radical (unpaired) electrons. The second kappa shape index (κ2) is 9.04. The van der Waals surface area contributed by atoms with Gasteiger partial charge in [-0.3, -0.25) is 9.69 Å². The summed E-state index contributed by atoms with van der Waals surface area (Å²) in [7, 11) is 0. The molecule has 1 amide bonds. The molecule has 1 saturated heterocycles. The van der Waals surface area contributed by atoms with Crippen LogP contribution in [-0.2, 0) is 11.3 Å².